The van der Waals surface area contributed by atoms with Crippen LogP contribution in [-0.2, 0) is 11.2 Å². The zero-order valence-electron chi connectivity index (χ0n) is 21.7. The van der Waals surface area contributed by atoms with Crippen molar-refractivity contribution in [3.05, 3.63) is 53.6 Å². The van der Waals surface area contributed by atoms with Gasteiger partial charge in [-0.1, -0.05) is 53.7 Å². The van der Waals surface area contributed by atoms with E-state index >= 15 is 0 Å². The van der Waals surface area contributed by atoms with E-state index in [-0.39, 0.29) is 25.0 Å². The van der Waals surface area contributed by atoms with Crippen molar-refractivity contribution in [2.24, 2.45) is 0 Å². The molecule has 0 aromatic heterocycles. The molecule has 0 aliphatic heterocycles. The minimum Gasteiger partial charge on any atom is -0.540 e. The lowest BCUT2D eigenvalue weighted by Crippen LogP contribution is -2.50. The van der Waals surface area contributed by atoms with Crippen LogP contribution in [0.5, 0.6) is 17.2 Å². The highest BCUT2D eigenvalue weighted by Gasteiger charge is 2.47. The molecule has 0 atom stereocenters. The molecule has 0 radical (unpaired) electrons. The summed E-state index contributed by atoms with van der Waals surface area (Å²) in [6.45, 7) is 13.4. The van der Waals surface area contributed by atoms with Crippen molar-refractivity contribution in [1.82, 2.24) is 0 Å². The van der Waals surface area contributed by atoms with Gasteiger partial charge in [0.1, 0.15) is 11.5 Å². The highest BCUT2D eigenvalue weighted by atomic mass is 28.4. The molecule has 0 bridgehead atoms. The highest BCUT2D eigenvalue weighted by molar-refractivity contribution is 6.78. The number of carbonyl (C=O) groups is 1. The van der Waals surface area contributed by atoms with Gasteiger partial charge in [-0.15, -0.1) is 0 Å². The van der Waals surface area contributed by atoms with Gasteiger partial charge in [0.25, 0.3) is 8.32 Å². The number of benzene rings is 2. The maximum atomic E-state index is 13.2. The Morgan fingerprint density at radius 3 is 2.19 bits per heavy atom. The molecule has 6 heteroatoms. The number of hydrogen-bond donors (Lipinski definition) is 0. The third-order valence-electron chi connectivity index (χ3n) is 5.99. The molecule has 0 saturated heterocycles. The van der Waals surface area contributed by atoms with Crippen molar-refractivity contribution in [2.75, 3.05) is 21.0 Å². The van der Waals surface area contributed by atoms with Crippen molar-refractivity contribution >= 4 is 14.1 Å². The molecule has 2 aromatic carbocycles. The largest absolute Gasteiger partial charge is 0.540 e. The topological polar surface area (TPSA) is 54.0 Å². The quantitative estimate of drug-likeness (QED) is 0.202. The Morgan fingerprint density at radius 1 is 0.969 bits per heavy atom. The Morgan fingerprint density at radius 2 is 1.62 bits per heavy atom. The van der Waals surface area contributed by atoms with Crippen LogP contribution in [0, 0.1) is 0 Å². The molecule has 0 amide bonds. The zero-order chi connectivity index (χ0) is 24.8. The van der Waals surface area contributed by atoms with E-state index in [0.717, 1.165) is 0 Å². The van der Waals surface area contributed by atoms with E-state index in [1.165, 1.54) is 7.11 Å². The average Bonchev–Trinajstić information content (AvgIpc) is 2.77. The predicted octanol–water partition coefficient (Wildman–Crippen LogP) is 6.66. The third kappa shape index (κ3) is 5.93. The molecule has 0 spiro atoms. The molecule has 0 aliphatic carbocycles. The van der Waals surface area contributed by atoms with E-state index in [9.17, 15) is 4.79 Å². The second kappa shape index (κ2) is 11.5. The third-order valence-corrected chi connectivity index (χ3v) is 12.0. The molecule has 0 heterocycles. The lowest BCUT2D eigenvalue weighted by atomic mass is 10.0. The molecule has 32 heavy (non-hydrogen) atoms. The number of ether oxygens (including phenoxy) is 3. The van der Waals surface area contributed by atoms with Crippen molar-refractivity contribution < 1.29 is 24.8 Å². The van der Waals surface area contributed by atoms with Crippen molar-refractivity contribution in [1.29, 1.82) is 0 Å². The normalized spacial score (nSPS) is 12.3. The summed E-state index contributed by atoms with van der Waals surface area (Å²) in [4.78, 5) is 13.2. The zero-order valence-corrected chi connectivity index (χ0v) is 21.7. The SMILES string of the molecule is [2H]c1c(CC(=O)c2ccc(OC)c(O[Si](C(C)C)(C(C)C)C(C)C)c2)cccc1OCOC. The number of Topliss-reactive ketones (excluding diaryl/α,β-unsaturated/α-hetero) is 1. The first-order valence-electron chi connectivity index (χ1n) is 11.7. The van der Waals surface area contributed by atoms with Gasteiger partial charge < -0.3 is 18.6 Å². The highest BCUT2D eigenvalue weighted by Crippen LogP contribution is 2.44. The minimum atomic E-state index is -2.23. The average molecular weight is 460 g/mol. The monoisotopic (exact) mass is 459 g/mol. The fourth-order valence-electron chi connectivity index (χ4n) is 4.55. The van der Waals surface area contributed by atoms with Crippen molar-refractivity contribution in [2.45, 2.75) is 64.6 Å². The Bertz CT molecular complexity index is 921. The molecule has 176 valence electrons. The van der Waals surface area contributed by atoms with Crippen LogP contribution in [0.2, 0.25) is 16.6 Å². The number of methoxy groups -OCH3 is 2. The van der Waals surface area contributed by atoms with E-state index in [2.05, 4.69) is 41.5 Å². The molecule has 0 saturated carbocycles. The van der Waals surface area contributed by atoms with Crippen LogP contribution >= 0.6 is 0 Å². The minimum absolute atomic E-state index is 0.0512. The van der Waals surface area contributed by atoms with Crippen LogP contribution in [0.1, 0.15) is 58.8 Å². The number of ketones is 1. The van der Waals surface area contributed by atoms with E-state index in [1.54, 1.807) is 43.5 Å². The first kappa shape index (κ1) is 24.3. The molecular weight excluding hydrogens is 420 g/mol. The number of hydrogen-bond acceptors (Lipinski definition) is 5. The Hall–Kier alpha value is -2.31. The van der Waals surface area contributed by atoms with Gasteiger partial charge in [0.05, 0.1) is 8.48 Å². The summed E-state index contributed by atoms with van der Waals surface area (Å²) in [6, 6.07) is 10.8. The van der Waals surface area contributed by atoms with Crippen LogP contribution in [0.15, 0.2) is 42.4 Å². The van der Waals surface area contributed by atoms with Crippen molar-refractivity contribution in [3.63, 3.8) is 0 Å². The van der Waals surface area contributed by atoms with Gasteiger partial charge in [-0.05, 0) is 52.5 Å². The summed E-state index contributed by atoms with van der Waals surface area (Å²) in [5, 5.41) is 0. The van der Waals surface area contributed by atoms with Crippen LogP contribution in [0.25, 0.3) is 0 Å². The summed E-state index contributed by atoms with van der Waals surface area (Å²) in [7, 11) is 0.913. The molecule has 0 fully saturated rings. The van der Waals surface area contributed by atoms with E-state index in [1.807, 2.05) is 0 Å². The Kier molecular flexibility index (Phi) is 8.76. The summed E-state index contributed by atoms with van der Waals surface area (Å²) in [5.74, 6) is 1.55. The van der Waals surface area contributed by atoms with Gasteiger partial charge in [-0.2, -0.15) is 0 Å². The van der Waals surface area contributed by atoms with Crippen LogP contribution < -0.4 is 13.9 Å². The number of rotatable bonds is 12. The molecular formula is C26H38O5Si. The van der Waals surface area contributed by atoms with Crippen molar-refractivity contribution in [3.8, 4) is 17.2 Å². The van der Waals surface area contributed by atoms with Crippen LogP contribution in [0.3, 0.4) is 0 Å². The van der Waals surface area contributed by atoms with Gasteiger partial charge in [-0.25, -0.2) is 0 Å². The molecule has 2 rings (SSSR count). The summed E-state index contributed by atoms with van der Waals surface area (Å²) in [5.41, 5.74) is 2.31. The van der Waals surface area contributed by atoms with Crippen LogP contribution in [0.4, 0.5) is 0 Å². The van der Waals surface area contributed by atoms with E-state index in [0.29, 0.717) is 45.0 Å². The van der Waals surface area contributed by atoms with E-state index < -0.39 is 8.32 Å². The van der Waals surface area contributed by atoms with Gasteiger partial charge in [-0.3, -0.25) is 4.79 Å². The van der Waals surface area contributed by atoms with E-state index in [4.69, 9.17) is 20.0 Å². The van der Waals surface area contributed by atoms with Gasteiger partial charge in [0.2, 0.25) is 0 Å². The molecule has 2 aromatic rings. The smallest absolute Gasteiger partial charge is 0.258 e. The maximum absolute atomic E-state index is 13.2. The first-order valence-corrected chi connectivity index (χ1v) is 13.3. The summed E-state index contributed by atoms with van der Waals surface area (Å²) in [6.07, 6.45) is 0.0932. The second-order valence-corrected chi connectivity index (χ2v) is 14.4. The lowest BCUT2D eigenvalue weighted by molar-refractivity contribution is 0.0511. The van der Waals surface area contributed by atoms with Gasteiger partial charge in [0, 0.05) is 19.1 Å². The summed E-state index contributed by atoms with van der Waals surface area (Å²) >= 11 is 0. The molecule has 0 unspecified atom stereocenters. The number of carbonyl (C=O) groups excluding carboxylic acids is 1. The molecule has 5 nitrogen and oxygen atoms in total. The first-order chi connectivity index (χ1) is 15.6. The van der Waals surface area contributed by atoms with Crippen LogP contribution in [-0.4, -0.2) is 35.1 Å². The Labute approximate surface area is 195 Å². The Balaban J connectivity index is 2.39. The van der Waals surface area contributed by atoms with Gasteiger partial charge in [0.15, 0.2) is 18.3 Å². The van der Waals surface area contributed by atoms with Gasteiger partial charge >= 0.3 is 0 Å². The predicted molar refractivity (Wildman–Crippen MR) is 132 cm³/mol. The second-order valence-electron chi connectivity index (χ2n) is 8.98. The fourth-order valence-corrected chi connectivity index (χ4v) is 9.80. The molecule has 0 N–H and O–H groups in total. The summed E-state index contributed by atoms with van der Waals surface area (Å²) < 4.78 is 31.1. The standard InChI is InChI=1S/C26H38O5Si/c1-18(2)32(19(3)4,20(5)6)31-26-16-22(12-13-25(26)29-8)24(27)15-21-10-9-11-23(14-21)30-17-28-7/h9-14,16,18-20H,15,17H2,1-8H3/i14D. The maximum Gasteiger partial charge on any atom is 0.258 e. The lowest BCUT2D eigenvalue weighted by Gasteiger charge is -2.42. The fraction of sp³-hybridized carbons (Fsp3) is 0.500. The molecule has 0 aliphatic rings.